The highest BCUT2D eigenvalue weighted by Gasteiger charge is 2.37. The van der Waals surface area contributed by atoms with Crippen LogP contribution in [0.1, 0.15) is 42.9 Å². The number of rotatable bonds is 2. The van der Waals surface area contributed by atoms with Crippen molar-refractivity contribution in [3.05, 3.63) is 29.6 Å². The van der Waals surface area contributed by atoms with E-state index >= 15 is 0 Å². The molecule has 1 heterocycles. The zero-order valence-corrected chi connectivity index (χ0v) is 9.87. The zero-order chi connectivity index (χ0) is 12.5. The van der Waals surface area contributed by atoms with E-state index in [9.17, 15) is 13.9 Å². The third kappa shape index (κ3) is 3.00. The number of hydrogen-bond acceptors (Lipinski definition) is 2. The fraction of sp³-hybridized carbons (Fsp3) is 0.615. The second-order valence-electron chi connectivity index (χ2n) is 4.93. The van der Waals surface area contributed by atoms with Crippen molar-refractivity contribution in [3.63, 3.8) is 0 Å². The molecule has 1 saturated carbocycles. The number of aromatic nitrogens is 1. The third-order valence-corrected chi connectivity index (χ3v) is 3.45. The van der Waals surface area contributed by atoms with E-state index in [1.165, 1.54) is 0 Å². The summed E-state index contributed by atoms with van der Waals surface area (Å²) < 4.78 is 26.0. The van der Waals surface area contributed by atoms with E-state index in [0.29, 0.717) is 12.8 Å². The number of aliphatic hydroxyl groups excluding tert-OH is 1. The Morgan fingerprint density at radius 3 is 2.59 bits per heavy atom. The quantitative estimate of drug-likeness (QED) is 0.862. The van der Waals surface area contributed by atoms with Gasteiger partial charge in [-0.05, 0) is 36.8 Å². The van der Waals surface area contributed by atoms with Crippen molar-refractivity contribution in [2.45, 2.75) is 44.6 Å². The average Bonchev–Trinajstić information content (AvgIpc) is 2.28. The first-order valence-corrected chi connectivity index (χ1v) is 5.95. The minimum atomic E-state index is -2.54. The van der Waals surface area contributed by atoms with Crippen LogP contribution in [0.5, 0.6) is 0 Å². The predicted octanol–water partition coefficient (Wildman–Crippen LogP) is 3.25. The Labute approximate surface area is 99.7 Å². The molecule has 2 rings (SSSR count). The summed E-state index contributed by atoms with van der Waals surface area (Å²) in [6.07, 6.45) is 3.18. The Morgan fingerprint density at radius 1 is 1.35 bits per heavy atom. The van der Waals surface area contributed by atoms with Crippen LogP contribution in [0.2, 0.25) is 0 Å². The predicted molar refractivity (Wildman–Crippen MR) is 60.8 cm³/mol. The van der Waals surface area contributed by atoms with Crippen LogP contribution < -0.4 is 0 Å². The van der Waals surface area contributed by atoms with Crippen LogP contribution in [0.25, 0.3) is 0 Å². The topological polar surface area (TPSA) is 33.1 Å². The fourth-order valence-electron chi connectivity index (χ4n) is 2.39. The van der Waals surface area contributed by atoms with Gasteiger partial charge in [-0.25, -0.2) is 8.78 Å². The van der Waals surface area contributed by atoms with Gasteiger partial charge in [-0.3, -0.25) is 4.98 Å². The molecule has 1 atom stereocenters. The van der Waals surface area contributed by atoms with Crippen molar-refractivity contribution in [2.24, 2.45) is 5.92 Å². The molecule has 0 radical (unpaired) electrons. The van der Waals surface area contributed by atoms with Gasteiger partial charge in [-0.15, -0.1) is 0 Å². The maximum atomic E-state index is 13.0. The first-order valence-electron chi connectivity index (χ1n) is 5.95. The van der Waals surface area contributed by atoms with E-state index in [4.69, 9.17) is 0 Å². The molecule has 2 nitrogen and oxygen atoms in total. The maximum Gasteiger partial charge on any atom is 0.248 e. The minimum Gasteiger partial charge on any atom is -0.388 e. The van der Waals surface area contributed by atoms with Crippen molar-refractivity contribution in [1.29, 1.82) is 0 Å². The summed E-state index contributed by atoms with van der Waals surface area (Å²) in [5.41, 5.74) is 1.71. The highest BCUT2D eigenvalue weighted by Crippen LogP contribution is 2.41. The van der Waals surface area contributed by atoms with E-state index in [1.807, 2.05) is 13.0 Å². The number of alkyl halides is 2. The molecule has 0 bridgehead atoms. The molecule has 1 aliphatic rings. The van der Waals surface area contributed by atoms with E-state index in [1.54, 1.807) is 12.4 Å². The van der Waals surface area contributed by atoms with Crippen molar-refractivity contribution < 1.29 is 13.9 Å². The van der Waals surface area contributed by atoms with Gasteiger partial charge in [-0.2, -0.15) is 0 Å². The summed E-state index contributed by atoms with van der Waals surface area (Å²) in [5, 5.41) is 10.2. The third-order valence-electron chi connectivity index (χ3n) is 3.45. The number of aliphatic hydroxyl groups is 1. The molecular formula is C13H17F2NO. The Morgan fingerprint density at radius 2 is 2.00 bits per heavy atom. The molecule has 0 saturated heterocycles. The standard InChI is InChI=1S/C13H17F2NO/c1-9-6-11(8-16-7-9)12(17)10-2-4-13(14,15)5-3-10/h6-8,10,12,17H,2-5H2,1H3. The molecule has 1 unspecified atom stereocenters. The molecule has 94 valence electrons. The van der Waals surface area contributed by atoms with Crippen molar-refractivity contribution >= 4 is 0 Å². The highest BCUT2D eigenvalue weighted by molar-refractivity contribution is 5.19. The van der Waals surface area contributed by atoms with Gasteiger partial charge >= 0.3 is 0 Å². The van der Waals surface area contributed by atoms with Crippen LogP contribution >= 0.6 is 0 Å². The van der Waals surface area contributed by atoms with Crippen molar-refractivity contribution in [3.8, 4) is 0 Å². The molecule has 1 aliphatic carbocycles. The van der Waals surface area contributed by atoms with Gasteiger partial charge in [0.15, 0.2) is 0 Å². The maximum absolute atomic E-state index is 13.0. The largest absolute Gasteiger partial charge is 0.388 e. The summed E-state index contributed by atoms with van der Waals surface area (Å²) in [4.78, 5) is 4.02. The summed E-state index contributed by atoms with van der Waals surface area (Å²) in [6.45, 7) is 1.90. The number of hydrogen-bond donors (Lipinski definition) is 1. The Kier molecular flexibility index (Phi) is 3.43. The molecule has 0 amide bonds. The molecule has 0 aromatic carbocycles. The fourth-order valence-corrected chi connectivity index (χ4v) is 2.39. The number of pyridine rings is 1. The lowest BCUT2D eigenvalue weighted by atomic mass is 9.81. The molecule has 1 fully saturated rings. The van der Waals surface area contributed by atoms with E-state index in [0.717, 1.165) is 11.1 Å². The van der Waals surface area contributed by atoms with Crippen molar-refractivity contribution in [1.82, 2.24) is 4.98 Å². The van der Waals surface area contributed by atoms with Gasteiger partial charge in [-0.1, -0.05) is 6.07 Å². The second kappa shape index (κ2) is 4.69. The van der Waals surface area contributed by atoms with E-state index < -0.39 is 12.0 Å². The van der Waals surface area contributed by atoms with Gasteiger partial charge in [0.1, 0.15) is 0 Å². The SMILES string of the molecule is Cc1cncc(C(O)C2CCC(F)(F)CC2)c1. The summed E-state index contributed by atoms with van der Waals surface area (Å²) in [7, 11) is 0. The lowest BCUT2D eigenvalue weighted by molar-refractivity contribution is -0.0627. The van der Waals surface area contributed by atoms with Gasteiger partial charge in [0.25, 0.3) is 0 Å². The summed E-state index contributed by atoms with van der Waals surface area (Å²) in [5.74, 6) is -2.61. The van der Waals surface area contributed by atoms with Gasteiger partial charge in [0, 0.05) is 25.2 Å². The summed E-state index contributed by atoms with van der Waals surface area (Å²) in [6, 6.07) is 1.87. The first kappa shape index (κ1) is 12.4. The second-order valence-corrected chi connectivity index (χ2v) is 4.93. The monoisotopic (exact) mass is 241 g/mol. The number of aryl methyl sites for hydroxylation is 1. The number of nitrogens with zero attached hydrogens (tertiary/aromatic N) is 1. The van der Waals surface area contributed by atoms with Gasteiger partial charge in [0.2, 0.25) is 5.92 Å². The lowest BCUT2D eigenvalue weighted by Gasteiger charge is -2.31. The molecule has 1 aromatic heterocycles. The molecule has 17 heavy (non-hydrogen) atoms. The average molecular weight is 241 g/mol. The van der Waals surface area contributed by atoms with Crippen molar-refractivity contribution in [2.75, 3.05) is 0 Å². The van der Waals surface area contributed by atoms with E-state index in [-0.39, 0.29) is 18.8 Å². The summed E-state index contributed by atoms with van der Waals surface area (Å²) >= 11 is 0. The van der Waals surface area contributed by atoms with Crippen LogP contribution in [0.4, 0.5) is 8.78 Å². The Bertz CT molecular complexity index is 385. The smallest absolute Gasteiger partial charge is 0.248 e. The van der Waals surface area contributed by atoms with Crippen LogP contribution in [0, 0.1) is 12.8 Å². The first-order chi connectivity index (χ1) is 7.98. The molecule has 1 N–H and O–H groups in total. The van der Waals surface area contributed by atoms with Crippen LogP contribution in [0.3, 0.4) is 0 Å². The molecule has 0 spiro atoms. The lowest BCUT2D eigenvalue weighted by Crippen LogP contribution is -2.27. The highest BCUT2D eigenvalue weighted by atomic mass is 19.3. The Hall–Kier alpha value is -1.03. The number of halogens is 2. The van der Waals surface area contributed by atoms with E-state index in [2.05, 4.69) is 4.98 Å². The van der Waals surface area contributed by atoms with Crippen LogP contribution in [0.15, 0.2) is 18.5 Å². The molecule has 1 aromatic rings. The van der Waals surface area contributed by atoms with Gasteiger partial charge < -0.3 is 5.11 Å². The van der Waals surface area contributed by atoms with Crippen LogP contribution in [-0.4, -0.2) is 16.0 Å². The van der Waals surface area contributed by atoms with Gasteiger partial charge in [0.05, 0.1) is 6.10 Å². The Balaban J connectivity index is 2.04. The molecular weight excluding hydrogens is 224 g/mol. The molecule has 4 heteroatoms. The minimum absolute atomic E-state index is 0.0711. The normalized spacial score (nSPS) is 22.4. The van der Waals surface area contributed by atoms with Crippen LogP contribution in [-0.2, 0) is 0 Å². The molecule has 0 aliphatic heterocycles. The zero-order valence-electron chi connectivity index (χ0n) is 9.87.